The summed E-state index contributed by atoms with van der Waals surface area (Å²) >= 11 is 0. The Hall–Kier alpha value is -1.81. The van der Waals surface area contributed by atoms with Crippen molar-refractivity contribution in [2.24, 2.45) is 0 Å². The molecule has 0 bridgehead atoms. The SMILES string of the molecule is CCc1cccc2c(CCNC(=O)CO)c[nH]c12. The van der Waals surface area contributed by atoms with Crippen molar-refractivity contribution in [2.75, 3.05) is 13.2 Å². The number of aryl methyl sites for hydroxylation is 1. The Bertz CT molecular complexity index is 546. The van der Waals surface area contributed by atoms with E-state index in [1.165, 1.54) is 22.0 Å². The van der Waals surface area contributed by atoms with E-state index in [1.807, 2.05) is 6.20 Å². The van der Waals surface area contributed by atoms with Gasteiger partial charge in [-0.05, 0) is 24.0 Å². The number of aromatic amines is 1. The number of carbonyl (C=O) groups is 1. The molecular weight excluding hydrogens is 228 g/mol. The van der Waals surface area contributed by atoms with Crippen molar-refractivity contribution in [1.29, 1.82) is 0 Å². The van der Waals surface area contributed by atoms with Crippen LogP contribution in [-0.4, -0.2) is 29.1 Å². The number of aromatic nitrogens is 1. The molecular formula is C14H18N2O2. The van der Waals surface area contributed by atoms with Crippen LogP contribution in [0.25, 0.3) is 10.9 Å². The van der Waals surface area contributed by atoms with Crippen LogP contribution in [0.3, 0.4) is 0 Å². The summed E-state index contributed by atoms with van der Waals surface area (Å²) in [4.78, 5) is 14.2. The van der Waals surface area contributed by atoms with E-state index in [4.69, 9.17) is 5.11 Å². The van der Waals surface area contributed by atoms with Gasteiger partial charge in [0.25, 0.3) is 0 Å². The first kappa shape index (κ1) is 12.6. The number of aliphatic hydroxyl groups excluding tert-OH is 1. The Morgan fingerprint density at radius 1 is 1.39 bits per heavy atom. The van der Waals surface area contributed by atoms with Gasteiger partial charge in [0.2, 0.25) is 5.91 Å². The van der Waals surface area contributed by atoms with E-state index >= 15 is 0 Å². The Morgan fingerprint density at radius 3 is 2.94 bits per heavy atom. The lowest BCUT2D eigenvalue weighted by Crippen LogP contribution is -2.28. The molecule has 1 amide bonds. The third kappa shape index (κ3) is 2.54. The number of nitrogens with one attached hydrogen (secondary N) is 2. The monoisotopic (exact) mass is 246 g/mol. The van der Waals surface area contributed by atoms with E-state index in [0.717, 1.165) is 12.8 Å². The predicted octanol–water partition coefficient (Wildman–Crippen LogP) is 1.38. The molecule has 0 fully saturated rings. The molecule has 2 rings (SSSR count). The largest absolute Gasteiger partial charge is 0.387 e. The fraction of sp³-hybridized carbons (Fsp3) is 0.357. The molecule has 0 radical (unpaired) electrons. The fourth-order valence-electron chi connectivity index (χ4n) is 2.17. The number of amides is 1. The maximum absolute atomic E-state index is 10.9. The van der Waals surface area contributed by atoms with Gasteiger partial charge in [-0.25, -0.2) is 0 Å². The second-order valence-corrected chi connectivity index (χ2v) is 4.27. The van der Waals surface area contributed by atoms with Crippen LogP contribution < -0.4 is 5.32 Å². The van der Waals surface area contributed by atoms with E-state index in [1.54, 1.807) is 0 Å². The molecule has 0 spiro atoms. The number of rotatable bonds is 5. The average molecular weight is 246 g/mol. The van der Waals surface area contributed by atoms with Crippen LogP contribution in [0.1, 0.15) is 18.1 Å². The number of H-pyrrole nitrogens is 1. The van der Waals surface area contributed by atoms with Gasteiger partial charge >= 0.3 is 0 Å². The van der Waals surface area contributed by atoms with Crippen molar-refractivity contribution in [3.05, 3.63) is 35.5 Å². The molecule has 0 aliphatic heterocycles. The molecule has 1 aromatic carbocycles. The minimum Gasteiger partial charge on any atom is -0.387 e. The molecule has 1 heterocycles. The summed E-state index contributed by atoms with van der Waals surface area (Å²) in [7, 11) is 0. The zero-order valence-corrected chi connectivity index (χ0v) is 10.5. The van der Waals surface area contributed by atoms with Gasteiger partial charge in [0.1, 0.15) is 6.61 Å². The lowest BCUT2D eigenvalue weighted by molar-refractivity contribution is -0.123. The van der Waals surface area contributed by atoms with E-state index in [2.05, 4.69) is 35.4 Å². The summed E-state index contributed by atoms with van der Waals surface area (Å²) in [5.74, 6) is -0.330. The summed E-state index contributed by atoms with van der Waals surface area (Å²) in [6.45, 7) is 2.23. The standard InChI is InChI=1S/C14H18N2O2/c1-2-10-4-3-5-12-11(8-16-14(10)12)6-7-15-13(18)9-17/h3-5,8,16-17H,2,6-7,9H2,1H3,(H,15,18). The van der Waals surface area contributed by atoms with E-state index in [0.29, 0.717) is 6.54 Å². The Balaban J connectivity index is 2.12. The molecule has 4 nitrogen and oxygen atoms in total. The summed E-state index contributed by atoms with van der Waals surface area (Å²) in [5.41, 5.74) is 3.68. The molecule has 96 valence electrons. The first-order chi connectivity index (χ1) is 8.76. The quantitative estimate of drug-likeness (QED) is 0.746. The number of hydrogen-bond acceptors (Lipinski definition) is 2. The number of para-hydroxylation sites is 1. The highest BCUT2D eigenvalue weighted by Crippen LogP contribution is 2.22. The molecule has 0 saturated carbocycles. The highest BCUT2D eigenvalue weighted by molar-refractivity contribution is 5.86. The zero-order valence-electron chi connectivity index (χ0n) is 10.5. The maximum Gasteiger partial charge on any atom is 0.245 e. The van der Waals surface area contributed by atoms with Crippen LogP contribution >= 0.6 is 0 Å². The molecule has 1 aromatic heterocycles. The van der Waals surface area contributed by atoms with Crippen LogP contribution in [-0.2, 0) is 17.6 Å². The van der Waals surface area contributed by atoms with Gasteiger partial charge in [0, 0.05) is 23.6 Å². The third-order valence-corrected chi connectivity index (χ3v) is 3.13. The Kier molecular flexibility index (Phi) is 3.99. The lowest BCUT2D eigenvalue weighted by atomic mass is 10.1. The van der Waals surface area contributed by atoms with Crippen molar-refractivity contribution in [2.45, 2.75) is 19.8 Å². The molecule has 0 saturated heterocycles. The smallest absolute Gasteiger partial charge is 0.245 e. The van der Waals surface area contributed by atoms with E-state index in [9.17, 15) is 4.79 Å². The van der Waals surface area contributed by atoms with Crippen molar-refractivity contribution in [3.63, 3.8) is 0 Å². The van der Waals surface area contributed by atoms with Gasteiger partial charge in [0.15, 0.2) is 0 Å². The minimum absolute atomic E-state index is 0.330. The predicted molar refractivity (Wildman–Crippen MR) is 71.5 cm³/mol. The lowest BCUT2D eigenvalue weighted by Gasteiger charge is -2.03. The number of fused-ring (bicyclic) bond motifs is 1. The molecule has 2 aromatic rings. The second-order valence-electron chi connectivity index (χ2n) is 4.27. The third-order valence-electron chi connectivity index (χ3n) is 3.13. The minimum atomic E-state index is -0.451. The van der Waals surface area contributed by atoms with Crippen LogP contribution in [0.4, 0.5) is 0 Å². The average Bonchev–Trinajstić information content (AvgIpc) is 2.82. The topological polar surface area (TPSA) is 65.1 Å². The first-order valence-corrected chi connectivity index (χ1v) is 6.21. The second kappa shape index (κ2) is 5.69. The molecule has 18 heavy (non-hydrogen) atoms. The van der Waals surface area contributed by atoms with Crippen molar-refractivity contribution in [3.8, 4) is 0 Å². The molecule has 3 N–H and O–H groups in total. The van der Waals surface area contributed by atoms with Crippen LogP contribution in [0.5, 0.6) is 0 Å². The molecule has 0 atom stereocenters. The highest BCUT2D eigenvalue weighted by Gasteiger charge is 2.06. The Labute approximate surface area is 106 Å². The summed E-state index contributed by atoms with van der Waals surface area (Å²) < 4.78 is 0. The number of hydrogen-bond donors (Lipinski definition) is 3. The zero-order chi connectivity index (χ0) is 13.0. The highest BCUT2D eigenvalue weighted by atomic mass is 16.3. The molecule has 0 unspecified atom stereocenters. The first-order valence-electron chi connectivity index (χ1n) is 6.21. The summed E-state index contributed by atoms with van der Waals surface area (Å²) in [6.07, 6.45) is 3.76. The number of benzene rings is 1. The number of aliphatic hydroxyl groups is 1. The van der Waals surface area contributed by atoms with E-state index < -0.39 is 6.61 Å². The summed E-state index contributed by atoms with van der Waals surface area (Å²) in [6, 6.07) is 6.27. The molecule has 0 aliphatic rings. The van der Waals surface area contributed by atoms with Crippen LogP contribution in [0, 0.1) is 0 Å². The van der Waals surface area contributed by atoms with Crippen molar-refractivity contribution < 1.29 is 9.90 Å². The van der Waals surface area contributed by atoms with E-state index in [-0.39, 0.29) is 5.91 Å². The number of carbonyl (C=O) groups excluding carboxylic acids is 1. The van der Waals surface area contributed by atoms with Gasteiger partial charge in [-0.15, -0.1) is 0 Å². The van der Waals surface area contributed by atoms with Gasteiger partial charge in [-0.2, -0.15) is 0 Å². The van der Waals surface area contributed by atoms with Gasteiger partial charge in [0.05, 0.1) is 0 Å². The van der Waals surface area contributed by atoms with Gasteiger partial charge in [-0.1, -0.05) is 25.1 Å². The van der Waals surface area contributed by atoms with Crippen LogP contribution in [0.15, 0.2) is 24.4 Å². The van der Waals surface area contributed by atoms with Crippen LogP contribution in [0.2, 0.25) is 0 Å². The van der Waals surface area contributed by atoms with Crippen molar-refractivity contribution in [1.82, 2.24) is 10.3 Å². The fourth-order valence-corrected chi connectivity index (χ4v) is 2.17. The normalized spacial score (nSPS) is 10.8. The van der Waals surface area contributed by atoms with Gasteiger partial charge < -0.3 is 15.4 Å². The maximum atomic E-state index is 10.9. The molecule has 4 heteroatoms. The van der Waals surface area contributed by atoms with Crippen molar-refractivity contribution >= 4 is 16.8 Å². The van der Waals surface area contributed by atoms with Gasteiger partial charge in [-0.3, -0.25) is 4.79 Å². The Morgan fingerprint density at radius 2 is 2.22 bits per heavy atom. The summed E-state index contributed by atoms with van der Waals surface area (Å²) in [5, 5.41) is 12.5. The molecule has 0 aliphatic carbocycles.